The molecule has 0 saturated carbocycles. The molecular weight excluding hydrogens is 477 g/mol. The molecule has 2 aromatic carbocycles. The predicted molar refractivity (Wildman–Crippen MR) is 139 cm³/mol. The van der Waals surface area contributed by atoms with E-state index in [1.165, 1.54) is 12.1 Å². The van der Waals surface area contributed by atoms with Gasteiger partial charge in [0.2, 0.25) is 0 Å². The lowest BCUT2D eigenvalue weighted by Gasteiger charge is -2.25. The third-order valence-corrected chi connectivity index (χ3v) is 6.71. The number of nitrogens with one attached hydrogen (secondary N) is 2. The molecule has 3 heterocycles. The largest absolute Gasteiger partial charge is 0.374 e. The van der Waals surface area contributed by atoms with E-state index in [-0.39, 0.29) is 24.3 Å². The molecule has 36 heavy (non-hydrogen) atoms. The van der Waals surface area contributed by atoms with Crippen molar-refractivity contribution in [2.24, 2.45) is 5.11 Å². The van der Waals surface area contributed by atoms with Gasteiger partial charge < -0.3 is 10.6 Å². The number of carbonyl (C=O) groups is 1. The molecule has 0 saturated heterocycles. The van der Waals surface area contributed by atoms with Gasteiger partial charge in [0.25, 0.3) is 5.91 Å². The Morgan fingerprint density at radius 2 is 2.06 bits per heavy atom. The number of rotatable bonds is 7. The molecule has 0 fully saturated rings. The Labute approximate surface area is 210 Å². The van der Waals surface area contributed by atoms with E-state index in [1.807, 2.05) is 41.8 Å². The number of hydrogen-bond acceptors (Lipinski definition) is 5. The topological polar surface area (TPSA) is 108 Å². The van der Waals surface area contributed by atoms with Gasteiger partial charge in [-0.3, -0.25) is 9.48 Å². The van der Waals surface area contributed by atoms with Gasteiger partial charge in [0, 0.05) is 21.7 Å². The molecule has 1 aliphatic rings. The van der Waals surface area contributed by atoms with E-state index in [0.29, 0.717) is 29.2 Å². The van der Waals surface area contributed by atoms with Gasteiger partial charge in [-0.25, -0.2) is 4.39 Å². The monoisotopic (exact) mass is 499 g/mol. The first kappa shape index (κ1) is 23.3. The van der Waals surface area contributed by atoms with Crippen molar-refractivity contribution in [3.8, 4) is 0 Å². The average molecular weight is 500 g/mol. The summed E-state index contributed by atoms with van der Waals surface area (Å²) in [7, 11) is 0. The molecule has 0 radical (unpaired) electrons. The maximum Gasteiger partial charge on any atom is 0.256 e. The summed E-state index contributed by atoms with van der Waals surface area (Å²) < 4.78 is 15.0. The zero-order chi connectivity index (χ0) is 25.1. The summed E-state index contributed by atoms with van der Waals surface area (Å²) in [6.07, 6.45) is 1.92. The number of carbonyl (C=O) groups excluding carboxylic acids is 1. The molecule has 0 aliphatic carbocycles. The fraction of sp³-hybridized carbons (Fsp3) is 0.154. The van der Waals surface area contributed by atoms with Crippen LogP contribution in [0.15, 0.2) is 76.5 Å². The van der Waals surface area contributed by atoms with Gasteiger partial charge in [-0.2, -0.15) is 16.4 Å². The number of azide groups is 1. The lowest BCUT2D eigenvalue weighted by Crippen LogP contribution is -2.21. The molecule has 5 rings (SSSR count). The Kier molecular flexibility index (Phi) is 6.53. The smallest absolute Gasteiger partial charge is 0.256 e. The second-order valence-corrected chi connectivity index (χ2v) is 9.12. The van der Waals surface area contributed by atoms with Crippen LogP contribution in [0, 0.1) is 12.7 Å². The summed E-state index contributed by atoms with van der Waals surface area (Å²) >= 11 is 1.60. The Morgan fingerprint density at radius 3 is 2.81 bits per heavy atom. The van der Waals surface area contributed by atoms with Crippen LogP contribution in [-0.2, 0) is 17.9 Å². The fourth-order valence-corrected chi connectivity index (χ4v) is 4.96. The van der Waals surface area contributed by atoms with Crippen molar-refractivity contribution in [3.05, 3.63) is 116 Å². The summed E-state index contributed by atoms with van der Waals surface area (Å²) in [5, 5.41) is 18.9. The van der Waals surface area contributed by atoms with Crippen molar-refractivity contribution >= 4 is 34.2 Å². The highest BCUT2D eigenvalue weighted by Crippen LogP contribution is 2.36. The van der Waals surface area contributed by atoms with E-state index in [1.54, 1.807) is 35.1 Å². The molecule has 2 aromatic heterocycles. The number of halogens is 1. The number of thiophene rings is 1. The number of anilines is 2. The standard InChI is InChI=1S/C26H22FN7OS/c1-16-25(24(13-29-33-28)34(32-16)14-17-6-8-19(27)9-7-17)31-26(35)21-12-23(18-10-11-36-15-18)30-22-5-3-2-4-20(21)22/h2-12,15,23,30H,13-14H2,1H3,(H,31,35). The number of amides is 1. The van der Waals surface area contributed by atoms with Crippen molar-refractivity contribution < 1.29 is 9.18 Å². The highest BCUT2D eigenvalue weighted by Gasteiger charge is 2.26. The Balaban J connectivity index is 1.49. The number of aromatic nitrogens is 2. The van der Waals surface area contributed by atoms with Gasteiger partial charge in [-0.15, -0.1) is 0 Å². The Bertz CT molecular complexity index is 1490. The molecule has 10 heteroatoms. The Morgan fingerprint density at radius 1 is 1.25 bits per heavy atom. The highest BCUT2D eigenvalue weighted by molar-refractivity contribution is 7.08. The second kappa shape index (κ2) is 10.1. The first-order valence-electron chi connectivity index (χ1n) is 11.3. The molecule has 1 atom stereocenters. The number of aryl methyl sites for hydroxylation is 1. The third-order valence-electron chi connectivity index (χ3n) is 6.01. The quantitative estimate of drug-likeness (QED) is 0.173. The molecule has 2 N–H and O–H groups in total. The number of hydrogen-bond donors (Lipinski definition) is 2. The zero-order valence-electron chi connectivity index (χ0n) is 19.4. The molecule has 0 bridgehead atoms. The van der Waals surface area contributed by atoms with E-state index < -0.39 is 0 Å². The summed E-state index contributed by atoms with van der Waals surface area (Å²) in [6, 6.07) is 15.7. The molecule has 180 valence electrons. The van der Waals surface area contributed by atoms with Crippen molar-refractivity contribution in [3.63, 3.8) is 0 Å². The molecule has 4 aromatic rings. The molecule has 1 aliphatic heterocycles. The van der Waals surface area contributed by atoms with Crippen LogP contribution in [0.4, 0.5) is 15.8 Å². The lowest BCUT2D eigenvalue weighted by atomic mass is 9.94. The van der Waals surface area contributed by atoms with Gasteiger partial charge in [0.1, 0.15) is 5.82 Å². The fourth-order valence-electron chi connectivity index (χ4n) is 4.26. The van der Waals surface area contributed by atoms with Crippen LogP contribution in [0.25, 0.3) is 16.0 Å². The average Bonchev–Trinajstić information content (AvgIpc) is 3.52. The number of benzene rings is 2. The van der Waals surface area contributed by atoms with Crippen LogP contribution in [0.5, 0.6) is 0 Å². The van der Waals surface area contributed by atoms with Gasteiger partial charge in [0.15, 0.2) is 0 Å². The van der Waals surface area contributed by atoms with E-state index >= 15 is 0 Å². The summed E-state index contributed by atoms with van der Waals surface area (Å²) in [6.45, 7) is 2.13. The minimum absolute atomic E-state index is 0.00284. The first-order valence-corrected chi connectivity index (χ1v) is 12.2. The molecule has 8 nitrogen and oxygen atoms in total. The highest BCUT2D eigenvalue weighted by atomic mass is 32.1. The maximum absolute atomic E-state index is 13.6. The van der Waals surface area contributed by atoms with Crippen LogP contribution >= 0.6 is 11.3 Å². The summed E-state index contributed by atoms with van der Waals surface area (Å²) in [5.41, 5.74) is 14.7. The van der Waals surface area contributed by atoms with Gasteiger partial charge >= 0.3 is 0 Å². The van der Waals surface area contributed by atoms with Crippen LogP contribution in [0.3, 0.4) is 0 Å². The first-order chi connectivity index (χ1) is 17.5. The van der Waals surface area contributed by atoms with Crippen LogP contribution in [-0.4, -0.2) is 15.7 Å². The number of para-hydroxylation sites is 1. The van der Waals surface area contributed by atoms with E-state index in [9.17, 15) is 9.18 Å². The third kappa shape index (κ3) is 4.72. The van der Waals surface area contributed by atoms with Crippen LogP contribution < -0.4 is 10.6 Å². The molecule has 1 amide bonds. The van der Waals surface area contributed by atoms with Crippen molar-refractivity contribution in [1.82, 2.24) is 9.78 Å². The SMILES string of the molecule is Cc1nn(Cc2ccc(F)cc2)c(CN=[N+]=[N-])c1NC(=O)C1=CC(c2ccsc2)Nc2ccccc21. The Hall–Kier alpha value is -4.40. The van der Waals surface area contributed by atoms with Crippen LogP contribution in [0.2, 0.25) is 0 Å². The predicted octanol–water partition coefficient (Wildman–Crippen LogP) is 6.44. The summed E-state index contributed by atoms with van der Waals surface area (Å²) in [5.74, 6) is -0.607. The minimum atomic E-state index is -0.325. The lowest BCUT2D eigenvalue weighted by molar-refractivity contribution is -0.111. The summed E-state index contributed by atoms with van der Waals surface area (Å²) in [4.78, 5) is 16.5. The molecule has 0 spiro atoms. The number of fused-ring (bicyclic) bond motifs is 1. The van der Waals surface area contributed by atoms with Gasteiger partial charge in [0.05, 0.1) is 36.2 Å². The second-order valence-electron chi connectivity index (χ2n) is 8.34. The van der Waals surface area contributed by atoms with Crippen molar-refractivity contribution in [2.75, 3.05) is 10.6 Å². The maximum atomic E-state index is 13.6. The van der Waals surface area contributed by atoms with Crippen molar-refractivity contribution in [2.45, 2.75) is 26.1 Å². The number of nitrogens with zero attached hydrogens (tertiary/aromatic N) is 5. The molecule has 1 unspecified atom stereocenters. The van der Waals surface area contributed by atoms with Gasteiger partial charge in [-0.1, -0.05) is 35.4 Å². The zero-order valence-corrected chi connectivity index (χ0v) is 20.2. The van der Waals surface area contributed by atoms with Crippen molar-refractivity contribution in [1.29, 1.82) is 0 Å². The van der Waals surface area contributed by atoms with Gasteiger partial charge in [-0.05, 0) is 64.7 Å². The van der Waals surface area contributed by atoms with E-state index in [2.05, 4.69) is 31.1 Å². The molecular formula is C26H22FN7OS. The van der Waals surface area contributed by atoms with Crippen LogP contribution in [0.1, 0.15) is 34.1 Å². The van der Waals surface area contributed by atoms with E-state index in [0.717, 1.165) is 22.4 Å². The van der Waals surface area contributed by atoms with E-state index in [4.69, 9.17) is 5.53 Å². The minimum Gasteiger partial charge on any atom is -0.374 e. The normalized spacial score (nSPS) is 14.3.